The number of aliphatic imine (C=N–C) groups is 2. The van der Waals surface area contributed by atoms with Gasteiger partial charge < -0.3 is 30.6 Å². The number of halogens is 26. The number of nitrogens with zero attached hydrogens (tertiary/aromatic N) is 4. The molecule has 0 aliphatic rings. The van der Waals surface area contributed by atoms with Crippen molar-refractivity contribution in [2.24, 2.45) is 9.98 Å². The molecule has 6 rings (SSSR count). The molecule has 6 aromatic rings. The molecule has 0 fully saturated rings. The maximum absolute atomic E-state index is 11.7. The minimum absolute atomic E-state index is 0. The third kappa shape index (κ3) is 33.9. The molecule has 0 spiro atoms. The Kier molecular flexibility index (Phi) is 35.3. The molecule has 42 heteroatoms. The molecular weight excluding hydrogens is 1690 g/mol. The number of carbonyl (C=O) groups excluding carboxylic acids is 4. The molecule has 0 unspecified atom stereocenters. The van der Waals surface area contributed by atoms with Crippen LogP contribution < -0.4 is 30.6 Å². The Morgan fingerprint density at radius 3 is 0.766 bits per heavy atom. The number of hydrogen-bond donors (Lipinski definition) is 0. The van der Waals surface area contributed by atoms with E-state index >= 15 is 0 Å². The van der Waals surface area contributed by atoms with E-state index in [9.17, 15) is 155 Å². The molecule has 0 amide bonds. The average molecular weight is 1710 g/mol. The number of allylic oxidation sites excluding steroid dienone is 8. The van der Waals surface area contributed by atoms with Crippen LogP contribution in [0.15, 0.2) is 167 Å². The van der Waals surface area contributed by atoms with Gasteiger partial charge in [-0.3, -0.25) is 29.2 Å². The fourth-order valence-corrected chi connectivity index (χ4v) is 5.13. The zero-order valence-corrected chi connectivity index (χ0v) is 50.0. The fourth-order valence-electron chi connectivity index (χ4n) is 4.88. The van der Waals surface area contributed by atoms with E-state index in [0.717, 1.165) is 22.1 Å². The molecule has 0 saturated heterocycles. The maximum Gasteiger partial charge on any atom is 3.00 e. The van der Waals surface area contributed by atoms with Crippen molar-refractivity contribution in [1.29, 1.82) is 0 Å². The SMILES string of the molecule is O=C(/C=C(\[O-])C(F)(F)F)C(F)(F)F.O=C(/C=C(\[O-])C(F)(F)F)C(F)(F)F.O=C(/C=C(\[O-])C(F)(F)F)C(F)(F)F.O=C(/C=C(\[O-])C(F)(F)F)C(F)(F)F.[O-]c1cccc2ccc(C=Nc3ccc(Cl)cc3)nc12.[O-]c1cccc2ccc(C=Nc3ccc(Cl)cc3)nc12.[Tb+3].[Tb+3]. The zero-order chi connectivity index (χ0) is 71.3. The van der Waals surface area contributed by atoms with Gasteiger partial charge in [-0.05, 0) is 119 Å². The second-order valence-electron chi connectivity index (χ2n) is 16.1. The van der Waals surface area contributed by atoms with Crippen LogP contribution in [0.1, 0.15) is 11.4 Å². The van der Waals surface area contributed by atoms with E-state index in [0.29, 0.717) is 32.5 Å². The second kappa shape index (κ2) is 37.3. The maximum atomic E-state index is 11.7. The van der Waals surface area contributed by atoms with Crippen molar-refractivity contribution in [3.05, 3.63) is 178 Å². The van der Waals surface area contributed by atoms with Gasteiger partial charge in [0.1, 0.15) is 0 Å². The van der Waals surface area contributed by atoms with Gasteiger partial charge in [0.15, 0.2) is 0 Å². The number of aromatic nitrogens is 2. The number of pyridine rings is 2. The summed E-state index contributed by atoms with van der Waals surface area (Å²) in [5.41, 5.74) is 3.80. The minimum Gasteiger partial charge on any atom is -0.871 e. The molecule has 0 aliphatic heterocycles. The zero-order valence-electron chi connectivity index (χ0n) is 44.2. The van der Waals surface area contributed by atoms with E-state index in [-0.39, 0.29) is 88.7 Å². The average Bonchev–Trinajstić information content (AvgIpc) is 0.833. The van der Waals surface area contributed by atoms with E-state index in [4.69, 9.17) is 23.2 Å². The number of para-hydroxylation sites is 2. The summed E-state index contributed by atoms with van der Waals surface area (Å²) in [5, 5.41) is 65.7. The van der Waals surface area contributed by atoms with Crippen LogP contribution in [-0.4, -0.2) is 94.9 Å². The van der Waals surface area contributed by atoms with E-state index in [2.05, 4.69) is 20.0 Å². The molecule has 2 heterocycles. The van der Waals surface area contributed by atoms with Crippen LogP contribution in [0.4, 0.5) is 117 Å². The van der Waals surface area contributed by atoms with Crippen molar-refractivity contribution in [3.8, 4) is 11.5 Å². The topological polar surface area (TPSA) is 257 Å². The van der Waals surface area contributed by atoms with Gasteiger partial charge in [0, 0.05) is 10.0 Å². The Bertz CT molecular complexity index is 3370. The summed E-state index contributed by atoms with van der Waals surface area (Å²) in [6.07, 6.45) is -44.5. The van der Waals surface area contributed by atoms with Crippen LogP contribution in [0.3, 0.4) is 0 Å². The molecule has 512 valence electrons. The summed E-state index contributed by atoms with van der Waals surface area (Å²) in [6, 6.07) is 32.0. The molecule has 2 aromatic heterocycles. The molecule has 4 aromatic carbocycles. The summed E-state index contributed by atoms with van der Waals surface area (Å²) in [6.45, 7) is 0. The van der Waals surface area contributed by atoms with Crippen molar-refractivity contribution >= 4 is 91.9 Å². The monoisotopic (exact) mass is 1710 g/mol. The van der Waals surface area contributed by atoms with E-state index in [1.165, 1.54) is 12.1 Å². The molecule has 0 radical (unpaired) electrons. The summed E-state index contributed by atoms with van der Waals surface area (Å²) in [4.78, 5) is 56.5. The van der Waals surface area contributed by atoms with Gasteiger partial charge in [-0.1, -0.05) is 83.2 Å². The smallest absolute Gasteiger partial charge is 0.871 e. The Hall–Kier alpha value is -7.05. The quantitative estimate of drug-likeness (QED) is 0.0596. The van der Waals surface area contributed by atoms with Gasteiger partial charge in [-0.2, -0.15) is 105 Å². The number of ketones is 4. The Morgan fingerprint density at radius 2 is 0.564 bits per heavy atom. The van der Waals surface area contributed by atoms with E-state index in [1.807, 2.05) is 60.7 Å². The molecule has 0 atom stereocenters. The van der Waals surface area contributed by atoms with Crippen LogP contribution >= 0.6 is 23.2 Å². The third-order valence-corrected chi connectivity index (χ3v) is 9.54. The number of rotatable bonds is 8. The molecular formula is C52H24Cl2F24N4O10Tb2. The van der Waals surface area contributed by atoms with Gasteiger partial charge in [0.25, 0.3) is 23.1 Å². The van der Waals surface area contributed by atoms with Crippen molar-refractivity contribution in [3.63, 3.8) is 0 Å². The molecule has 94 heavy (non-hydrogen) atoms. The first kappa shape index (κ1) is 89.0. The van der Waals surface area contributed by atoms with Crippen LogP contribution in [0, 0.1) is 77.2 Å². The number of carbonyl (C=O) groups is 4. The molecule has 0 N–H and O–H groups in total. The van der Waals surface area contributed by atoms with Gasteiger partial charge in [0.05, 0.1) is 46.2 Å². The van der Waals surface area contributed by atoms with Crippen LogP contribution in [0.2, 0.25) is 10.0 Å². The Morgan fingerprint density at radius 1 is 0.340 bits per heavy atom. The minimum atomic E-state index is -5.46. The van der Waals surface area contributed by atoms with Crippen LogP contribution in [-0.2, 0) is 19.2 Å². The first-order valence-electron chi connectivity index (χ1n) is 22.7. The molecule has 0 aliphatic carbocycles. The number of benzene rings is 4. The first-order chi connectivity index (χ1) is 41.6. The summed E-state index contributed by atoms with van der Waals surface area (Å²) < 4.78 is 271. The molecule has 0 bridgehead atoms. The van der Waals surface area contributed by atoms with Crippen molar-refractivity contribution in [2.45, 2.75) is 49.4 Å². The van der Waals surface area contributed by atoms with E-state index < -0.39 is 120 Å². The number of fused-ring (bicyclic) bond motifs is 2. The van der Waals surface area contributed by atoms with Crippen molar-refractivity contribution in [1.82, 2.24) is 9.97 Å². The Labute approximate surface area is 578 Å². The molecule has 0 saturated carbocycles. The van der Waals surface area contributed by atoms with Crippen molar-refractivity contribution in [2.75, 3.05) is 0 Å². The van der Waals surface area contributed by atoms with Gasteiger partial charge in [-0.15, -0.1) is 0 Å². The number of alkyl halides is 24. The largest absolute Gasteiger partial charge is 3.00 e. The van der Waals surface area contributed by atoms with E-state index in [1.54, 1.807) is 48.8 Å². The first-order valence-corrected chi connectivity index (χ1v) is 23.4. The predicted octanol–water partition coefficient (Wildman–Crippen LogP) is 11.1. The van der Waals surface area contributed by atoms with Crippen LogP contribution in [0.5, 0.6) is 11.5 Å². The standard InChI is InChI=1S/2C16H11ClN2O.4C5H2F6O2.2Tb/c2*17-12-5-8-13(9-6-12)18-10-14-7-4-11-2-1-3-15(20)16(11)19-14;4*6-4(7,8)2(12)1-3(13)5(9,10)11;;/h2*1-10,20H;4*1,12H;;/q;;;;;;2*+3/p-6/b;;4*2-1-;;. The van der Waals surface area contributed by atoms with Crippen LogP contribution in [0.25, 0.3) is 21.8 Å². The predicted molar refractivity (Wildman–Crippen MR) is 261 cm³/mol. The number of hydrogen-bond acceptors (Lipinski definition) is 14. The molecule has 14 nitrogen and oxygen atoms in total. The van der Waals surface area contributed by atoms with Gasteiger partial charge >= 0.3 is 127 Å². The van der Waals surface area contributed by atoms with Gasteiger partial charge in [-0.25, -0.2) is 9.97 Å². The fraction of sp³-hybridized carbons (Fsp3) is 0.154. The third-order valence-electron chi connectivity index (χ3n) is 9.04. The summed E-state index contributed by atoms with van der Waals surface area (Å²) in [7, 11) is 0. The Balaban J connectivity index is 0. The summed E-state index contributed by atoms with van der Waals surface area (Å²) in [5.74, 6) is -22.8. The van der Waals surface area contributed by atoms with Gasteiger partial charge in [0.2, 0.25) is 0 Å². The normalized spacial score (nSPS) is 12.8. The second-order valence-corrected chi connectivity index (χ2v) is 16.9. The van der Waals surface area contributed by atoms with Crippen molar-refractivity contribution < 1.29 is 232 Å². The summed E-state index contributed by atoms with van der Waals surface area (Å²) >= 11 is 11.6.